The number of carbonyl (C=O) groups excluding carboxylic acids is 1. The Labute approximate surface area is 99.3 Å². The lowest BCUT2D eigenvalue weighted by atomic mass is 9.95. The number of nitrogens with one attached hydrogen (secondary N) is 1. The molecule has 1 fully saturated rings. The fourth-order valence-corrected chi connectivity index (χ4v) is 2.79. The first-order chi connectivity index (χ1) is 7.65. The average molecular weight is 247 g/mol. The van der Waals surface area contributed by atoms with Crippen LogP contribution in [0, 0.1) is 0 Å². The van der Waals surface area contributed by atoms with Gasteiger partial charge in [0, 0.05) is 22.6 Å². The second-order valence-electron chi connectivity index (χ2n) is 4.29. The molecule has 1 aliphatic carbocycles. The van der Waals surface area contributed by atoms with Crippen LogP contribution in [0.5, 0.6) is 0 Å². The maximum atomic E-state index is 11.7. The number of aliphatic hydroxyl groups excluding tert-OH is 1. The third kappa shape index (κ3) is 4.22. The number of amides is 1. The van der Waals surface area contributed by atoms with Crippen LogP contribution in [-0.2, 0) is 15.6 Å². The average Bonchev–Trinajstić information content (AvgIpc) is 2.29. The van der Waals surface area contributed by atoms with Crippen LogP contribution in [0.3, 0.4) is 0 Å². The van der Waals surface area contributed by atoms with Crippen molar-refractivity contribution in [1.82, 2.24) is 5.32 Å². The number of aliphatic hydroxyl groups is 1. The van der Waals surface area contributed by atoms with Gasteiger partial charge in [-0.3, -0.25) is 9.00 Å². The topological polar surface area (TPSA) is 66.4 Å². The van der Waals surface area contributed by atoms with Crippen molar-refractivity contribution in [1.29, 1.82) is 0 Å². The Bertz CT molecular complexity index is 252. The van der Waals surface area contributed by atoms with Crippen LogP contribution < -0.4 is 5.32 Å². The van der Waals surface area contributed by atoms with Crippen LogP contribution in [0.1, 0.15) is 39.0 Å². The minimum absolute atomic E-state index is 0.131. The van der Waals surface area contributed by atoms with Gasteiger partial charge in [-0.1, -0.05) is 19.3 Å². The molecule has 16 heavy (non-hydrogen) atoms. The van der Waals surface area contributed by atoms with Crippen molar-refractivity contribution < 1.29 is 14.1 Å². The van der Waals surface area contributed by atoms with Crippen molar-refractivity contribution in [2.24, 2.45) is 0 Å². The molecule has 0 aromatic carbocycles. The molecule has 94 valence electrons. The van der Waals surface area contributed by atoms with Gasteiger partial charge in [-0.2, -0.15) is 0 Å². The van der Waals surface area contributed by atoms with Crippen molar-refractivity contribution in [3.8, 4) is 0 Å². The van der Waals surface area contributed by atoms with Gasteiger partial charge in [0.05, 0.1) is 6.61 Å². The highest BCUT2D eigenvalue weighted by Gasteiger charge is 2.23. The fraction of sp³-hybridized carbons (Fsp3) is 0.909. The summed E-state index contributed by atoms with van der Waals surface area (Å²) in [4.78, 5) is 11.7. The summed E-state index contributed by atoms with van der Waals surface area (Å²) in [5.41, 5.74) is 0. The van der Waals surface area contributed by atoms with Crippen LogP contribution in [0.4, 0.5) is 0 Å². The molecule has 0 saturated heterocycles. The lowest BCUT2D eigenvalue weighted by Gasteiger charge is -2.24. The molecule has 2 N–H and O–H groups in total. The molecule has 0 radical (unpaired) electrons. The fourth-order valence-electron chi connectivity index (χ4n) is 1.95. The van der Waals surface area contributed by atoms with E-state index in [0.29, 0.717) is 0 Å². The van der Waals surface area contributed by atoms with Crippen molar-refractivity contribution in [2.75, 3.05) is 12.4 Å². The summed E-state index contributed by atoms with van der Waals surface area (Å²) < 4.78 is 11.5. The van der Waals surface area contributed by atoms with Gasteiger partial charge in [-0.15, -0.1) is 0 Å². The van der Waals surface area contributed by atoms with Crippen molar-refractivity contribution >= 4 is 16.7 Å². The molecule has 1 saturated carbocycles. The number of carbonyl (C=O) groups is 1. The van der Waals surface area contributed by atoms with Crippen LogP contribution >= 0.6 is 0 Å². The molecule has 4 nitrogen and oxygen atoms in total. The maximum Gasteiger partial charge on any atom is 0.235 e. The monoisotopic (exact) mass is 247 g/mol. The minimum atomic E-state index is -1.26. The first-order valence-corrected chi connectivity index (χ1v) is 7.31. The lowest BCUT2D eigenvalue weighted by molar-refractivity contribution is -0.121. The summed E-state index contributed by atoms with van der Waals surface area (Å²) in [6.45, 7) is 1.53. The zero-order valence-electron chi connectivity index (χ0n) is 9.78. The Balaban J connectivity index is 2.35. The predicted molar refractivity (Wildman–Crippen MR) is 64.6 cm³/mol. The SMILES string of the molecule is CC(C(=O)NC1CCCCC1)S(=O)CCO. The second kappa shape index (κ2) is 7.01. The van der Waals surface area contributed by atoms with Gasteiger partial charge in [-0.05, 0) is 19.8 Å². The molecule has 1 rings (SSSR count). The zero-order chi connectivity index (χ0) is 12.0. The summed E-state index contributed by atoms with van der Waals surface area (Å²) in [5, 5.41) is 11.1. The Morgan fingerprint density at radius 2 is 2.06 bits per heavy atom. The van der Waals surface area contributed by atoms with E-state index in [-0.39, 0.29) is 24.3 Å². The summed E-state index contributed by atoms with van der Waals surface area (Å²) in [6, 6.07) is 0.259. The highest BCUT2D eigenvalue weighted by molar-refractivity contribution is 7.86. The van der Waals surface area contributed by atoms with Crippen LogP contribution in [-0.4, -0.2) is 38.9 Å². The number of hydrogen-bond acceptors (Lipinski definition) is 3. The van der Waals surface area contributed by atoms with Crippen molar-refractivity contribution in [3.05, 3.63) is 0 Å². The van der Waals surface area contributed by atoms with Crippen molar-refractivity contribution in [2.45, 2.75) is 50.3 Å². The van der Waals surface area contributed by atoms with Crippen LogP contribution in [0.25, 0.3) is 0 Å². The first-order valence-electron chi connectivity index (χ1n) is 5.93. The molecule has 2 atom stereocenters. The third-order valence-corrected chi connectivity index (χ3v) is 4.60. The molecule has 2 unspecified atom stereocenters. The van der Waals surface area contributed by atoms with E-state index in [1.165, 1.54) is 19.3 Å². The van der Waals surface area contributed by atoms with Gasteiger partial charge in [0.1, 0.15) is 5.25 Å². The van der Waals surface area contributed by atoms with E-state index >= 15 is 0 Å². The lowest BCUT2D eigenvalue weighted by Crippen LogP contribution is -2.43. The Hall–Kier alpha value is -0.420. The van der Waals surface area contributed by atoms with E-state index in [2.05, 4.69) is 5.32 Å². The first kappa shape index (κ1) is 13.6. The van der Waals surface area contributed by atoms with Gasteiger partial charge in [0.15, 0.2) is 0 Å². The van der Waals surface area contributed by atoms with E-state index in [4.69, 9.17) is 5.11 Å². The van der Waals surface area contributed by atoms with E-state index in [9.17, 15) is 9.00 Å². The molecular weight excluding hydrogens is 226 g/mol. The molecule has 0 aromatic heterocycles. The third-order valence-electron chi connectivity index (χ3n) is 3.01. The molecule has 0 spiro atoms. The molecule has 1 aliphatic rings. The van der Waals surface area contributed by atoms with Crippen LogP contribution in [0.15, 0.2) is 0 Å². The van der Waals surface area contributed by atoms with Gasteiger partial charge in [0.25, 0.3) is 0 Å². The summed E-state index contributed by atoms with van der Waals surface area (Å²) in [5.74, 6) is 0.0397. The maximum absolute atomic E-state index is 11.7. The molecule has 0 aliphatic heterocycles. The van der Waals surface area contributed by atoms with Crippen molar-refractivity contribution in [3.63, 3.8) is 0 Å². The van der Waals surface area contributed by atoms with Gasteiger partial charge >= 0.3 is 0 Å². The molecule has 0 bridgehead atoms. The summed E-state index contributed by atoms with van der Waals surface area (Å²) >= 11 is 0. The number of hydrogen-bond donors (Lipinski definition) is 2. The highest BCUT2D eigenvalue weighted by atomic mass is 32.2. The quantitative estimate of drug-likeness (QED) is 0.746. The summed E-state index contributed by atoms with van der Waals surface area (Å²) in [6.07, 6.45) is 5.65. The van der Waals surface area contributed by atoms with E-state index in [1.807, 2.05) is 0 Å². The molecule has 1 amide bonds. The molecule has 5 heteroatoms. The Morgan fingerprint density at radius 3 is 2.62 bits per heavy atom. The smallest absolute Gasteiger partial charge is 0.235 e. The number of rotatable bonds is 5. The standard InChI is InChI=1S/C11H21NO3S/c1-9(16(15)8-7-13)11(14)12-10-5-3-2-4-6-10/h9-10,13H,2-8H2,1H3,(H,12,14). The van der Waals surface area contributed by atoms with E-state index in [0.717, 1.165) is 12.8 Å². The predicted octanol–water partition coefficient (Wildman–Crippen LogP) is 0.565. The van der Waals surface area contributed by atoms with Gasteiger partial charge in [-0.25, -0.2) is 0 Å². The minimum Gasteiger partial charge on any atom is -0.395 e. The second-order valence-corrected chi connectivity index (χ2v) is 6.17. The molecule has 0 heterocycles. The van der Waals surface area contributed by atoms with E-state index < -0.39 is 16.0 Å². The van der Waals surface area contributed by atoms with E-state index in [1.54, 1.807) is 6.92 Å². The Morgan fingerprint density at radius 1 is 1.44 bits per heavy atom. The van der Waals surface area contributed by atoms with Gasteiger partial charge in [0.2, 0.25) is 5.91 Å². The molecule has 0 aromatic rings. The Kier molecular flexibility index (Phi) is 5.98. The van der Waals surface area contributed by atoms with Gasteiger partial charge < -0.3 is 10.4 Å². The summed E-state index contributed by atoms with van der Waals surface area (Å²) in [7, 11) is -1.26. The largest absolute Gasteiger partial charge is 0.395 e. The normalized spacial score (nSPS) is 21.4. The van der Waals surface area contributed by atoms with Crippen LogP contribution in [0.2, 0.25) is 0 Å². The zero-order valence-corrected chi connectivity index (χ0v) is 10.6. The molecular formula is C11H21NO3S. The highest BCUT2D eigenvalue weighted by Crippen LogP contribution is 2.17.